The Morgan fingerprint density at radius 2 is 2.26 bits per heavy atom. The van der Waals surface area contributed by atoms with Gasteiger partial charge < -0.3 is 15.5 Å². The number of carbonyl (C=O) groups is 1. The van der Waals surface area contributed by atoms with Gasteiger partial charge in [-0.3, -0.25) is 14.2 Å². The maximum Gasteiger partial charge on any atom is 0.265 e. The molecule has 2 atom stereocenters. The van der Waals surface area contributed by atoms with E-state index in [0.29, 0.717) is 11.9 Å². The zero-order chi connectivity index (χ0) is 16.4. The summed E-state index contributed by atoms with van der Waals surface area (Å²) in [5.41, 5.74) is -0.0540. The zero-order valence-corrected chi connectivity index (χ0v) is 12.6. The summed E-state index contributed by atoms with van der Waals surface area (Å²) in [4.78, 5) is 28.7. The van der Waals surface area contributed by atoms with Crippen molar-refractivity contribution in [2.75, 3.05) is 6.54 Å². The molecule has 1 fully saturated rings. The first-order valence-electron chi connectivity index (χ1n) is 7.66. The Hall–Kier alpha value is -2.25. The van der Waals surface area contributed by atoms with Crippen molar-refractivity contribution < 1.29 is 15.0 Å². The van der Waals surface area contributed by atoms with Crippen LogP contribution in [0.25, 0.3) is 10.9 Å². The van der Waals surface area contributed by atoms with Crippen LogP contribution in [0.4, 0.5) is 0 Å². The van der Waals surface area contributed by atoms with Gasteiger partial charge in [0, 0.05) is 12.5 Å². The fourth-order valence-corrected chi connectivity index (χ4v) is 2.94. The highest BCUT2D eigenvalue weighted by Gasteiger charge is 2.25. The van der Waals surface area contributed by atoms with E-state index in [2.05, 4.69) is 10.3 Å². The summed E-state index contributed by atoms with van der Waals surface area (Å²) in [5, 5.41) is 22.9. The lowest BCUT2D eigenvalue weighted by molar-refractivity contribution is -0.121. The molecule has 1 saturated heterocycles. The van der Waals surface area contributed by atoms with E-state index in [1.165, 1.54) is 17.0 Å². The number of aliphatic hydroxyl groups excluding tert-OH is 1. The number of rotatable bonds is 4. The lowest BCUT2D eigenvalue weighted by Gasteiger charge is -2.28. The zero-order valence-electron chi connectivity index (χ0n) is 12.6. The van der Waals surface area contributed by atoms with E-state index < -0.39 is 11.7 Å². The molecule has 0 saturated carbocycles. The first kappa shape index (κ1) is 15.6. The largest absolute Gasteiger partial charge is 0.507 e. The number of phenols is 1. The molecule has 0 radical (unpaired) electrons. The highest BCUT2D eigenvalue weighted by molar-refractivity contribution is 5.84. The Kier molecular flexibility index (Phi) is 4.40. The normalized spacial score (nSPS) is 21.4. The lowest BCUT2D eigenvalue weighted by atomic mass is 9.97. The molecule has 23 heavy (non-hydrogen) atoms. The number of fused-ring (bicyclic) bond motifs is 1. The quantitative estimate of drug-likeness (QED) is 0.743. The highest BCUT2D eigenvalue weighted by Crippen LogP contribution is 2.18. The van der Waals surface area contributed by atoms with Crippen LogP contribution in [-0.2, 0) is 11.3 Å². The lowest BCUT2D eigenvalue weighted by Crippen LogP contribution is -2.46. The molecular weight excluding hydrogens is 298 g/mol. The van der Waals surface area contributed by atoms with E-state index in [-0.39, 0.29) is 35.9 Å². The van der Waals surface area contributed by atoms with Crippen molar-refractivity contribution in [2.45, 2.75) is 38.0 Å². The highest BCUT2D eigenvalue weighted by atomic mass is 16.3. The molecule has 1 aromatic carbocycles. The third-order valence-electron chi connectivity index (χ3n) is 4.17. The molecule has 7 nitrogen and oxygen atoms in total. The number of aliphatic hydroxyl groups is 1. The van der Waals surface area contributed by atoms with Gasteiger partial charge in [0.05, 0.1) is 24.5 Å². The molecule has 0 aliphatic carbocycles. The van der Waals surface area contributed by atoms with Gasteiger partial charge in [-0.15, -0.1) is 0 Å². The van der Waals surface area contributed by atoms with Crippen LogP contribution in [0.15, 0.2) is 29.3 Å². The van der Waals surface area contributed by atoms with Gasteiger partial charge in [0.25, 0.3) is 5.56 Å². The minimum Gasteiger partial charge on any atom is -0.507 e. The van der Waals surface area contributed by atoms with Gasteiger partial charge in [-0.05, 0) is 31.5 Å². The van der Waals surface area contributed by atoms with Crippen molar-refractivity contribution in [1.82, 2.24) is 14.9 Å². The molecule has 1 aromatic heterocycles. The Morgan fingerprint density at radius 3 is 3.04 bits per heavy atom. The molecule has 0 unspecified atom stereocenters. The van der Waals surface area contributed by atoms with Gasteiger partial charge in [0.15, 0.2) is 5.78 Å². The summed E-state index contributed by atoms with van der Waals surface area (Å²) in [7, 11) is 0. The number of Topliss-reactive ketones (excluding diaryl/α,β-unsaturated/α-hetero) is 1. The molecule has 3 rings (SSSR count). The van der Waals surface area contributed by atoms with E-state index in [1.54, 1.807) is 12.1 Å². The van der Waals surface area contributed by atoms with Crippen molar-refractivity contribution in [3.63, 3.8) is 0 Å². The number of carbonyl (C=O) groups excluding carboxylic acids is 1. The number of aromatic hydroxyl groups is 1. The molecule has 2 aromatic rings. The first-order valence-corrected chi connectivity index (χ1v) is 7.66. The summed E-state index contributed by atoms with van der Waals surface area (Å²) in [6.45, 7) is 0.654. The van der Waals surface area contributed by atoms with Gasteiger partial charge in [0.1, 0.15) is 11.1 Å². The fraction of sp³-hybridized carbons (Fsp3) is 0.438. The maximum absolute atomic E-state index is 12.4. The topological polar surface area (TPSA) is 104 Å². The number of hydrogen-bond acceptors (Lipinski definition) is 6. The van der Waals surface area contributed by atoms with Crippen LogP contribution in [0.2, 0.25) is 0 Å². The minimum atomic E-state index is -0.539. The minimum absolute atomic E-state index is 0.110. The predicted octanol–water partition coefficient (Wildman–Crippen LogP) is 0.174. The van der Waals surface area contributed by atoms with Crippen LogP contribution in [-0.4, -0.2) is 44.2 Å². The van der Waals surface area contributed by atoms with Crippen molar-refractivity contribution >= 4 is 16.7 Å². The van der Waals surface area contributed by atoms with Gasteiger partial charge in [-0.1, -0.05) is 6.07 Å². The van der Waals surface area contributed by atoms with E-state index in [0.717, 1.165) is 13.0 Å². The molecule has 1 aliphatic heterocycles. The molecule has 2 heterocycles. The Morgan fingerprint density at radius 1 is 1.43 bits per heavy atom. The average molecular weight is 317 g/mol. The monoisotopic (exact) mass is 317 g/mol. The summed E-state index contributed by atoms with van der Waals surface area (Å²) in [6, 6.07) is 4.38. The summed E-state index contributed by atoms with van der Waals surface area (Å²) < 4.78 is 1.19. The second-order valence-corrected chi connectivity index (χ2v) is 5.86. The smallest absolute Gasteiger partial charge is 0.265 e. The number of nitrogens with one attached hydrogen (secondary N) is 1. The van der Waals surface area contributed by atoms with Crippen molar-refractivity contribution in [2.24, 2.45) is 0 Å². The number of benzene rings is 1. The predicted molar refractivity (Wildman–Crippen MR) is 84.3 cm³/mol. The summed E-state index contributed by atoms with van der Waals surface area (Å²) in [6.07, 6.45) is 2.50. The summed E-state index contributed by atoms with van der Waals surface area (Å²) >= 11 is 0. The number of piperidine rings is 1. The van der Waals surface area contributed by atoms with Gasteiger partial charge in [-0.25, -0.2) is 4.98 Å². The van der Waals surface area contributed by atoms with Crippen LogP contribution < -0.4 is 10.9 Å². The van der Waals surface area contributed by atoms with E-state index in [4.69, 9.17) is 0 Å². The number of aromatic nitrogens is 2. The number of ketones is 1. The average Bonchev–Trinajstić information content (AvgIpc) is 2.52. The standard InChI is InChI=1S/C16H19N3O4/c20-10(7-12-13(21)5-2-6-17-12)8-19-9-18-11-3-1-4-14(22)15(11)16(19)23/h1,3-4,9,12-13,17,21-22H,2,5-8H2/t12-,13+/m1/s1. The van der Waals surface area contributed by atoms with E-state index in [1.807, 2.05) is 0 Å². The van der Waals surface area contributed by atoms with E-state index >= 15 is 0 Å². The SMILES string of the molecule is O=C(C[C@H]1NCCC[C@@H]1O)Cn1cnc2cccc(O)c2c1=O. The Balaban J connectivity index is 1.79. The van der Waals surface area contributed by atoms with Crippen LogP contribution in [0.1, 0.15) is 19.3 Å². The molecule has 7 heteroatoms. The third-order valence-corrected chi connectivity index (χ3v) is 4.17. The van der Waals surface area contributed by atoms with Gasteiger partial charge in [-0.2, -0.15) is 0 Å². The van der Waals surface area contributed by atoms with Crippen molar-refractivity contribution in [1.29, 1.82) is 0 Å². The molecule has 3 N–H and O–H groups in total. The van der Waals surface area contributed by atoms with Gasteiger partial charge in [0.2, 0.25) is 0 Å². The second-order valence-electron chi connectivity index (χ2n) is 5.86. The summed E-state index contributed by atoms with van der Waals surface area (Å²) in [5.74, 6) is -0.312. The molecule has 0 bridgehead atoms. The van der Waals surface area contributed by atoms with Crippen molar-refractivity contribution in [3.8, 4) is 5.75 Å². The fourth-order valence-electron chi connectivity index (χ4n) is 2.94. The molecule has 1 aliphatic rings. The number of hydrogen-bond donors (Lipinski definition) is 3. The molecule has 122 valence electrons. The van der Waals surface area contributed by atoms with Crippen LogP contribution in [0.3, 0.4) is 0 Å². The third kappa shape index (κ3) is 3.25. The second kappa shape index (κ2) is 6.47. The molecule has 0 spiro atoms. The van der Waals surface area contributed by atoms with Crippen LogP contribution >= 0.6 is 0 Å². The molecule has 0 amide bonds. The maximum atomic E-state index is 12.4. The number of nitrogens with zero attached hydrogens (tertiary/aromatic N) is 2. The number of phenolic OH excluding ortho intramolecular Hbond substituents is 1. The first-order chi connectivity index (χ1) is 11.1. The van der Waals surface area contributed by atoms with Crippen LogP contribution in [0, 0.1) is 0 Å². The van der Waals surface area contributed by atoms with Crippen molar-refractivity contribution in [3.05, 3.63) is 34.9 Å². The van der Waals surface area contributed by atoms with Gasteiger partial charge >= 0.3 is 0 Å². The Bertz CT molecular complexity index is 786. The Labute approximate surface area is 132 Å². The molecular formula is C16H19N3O4. The van der Waals surface area contributed by atoms with E-state index in [9.17, 15) is 19.8 Å². The van der Waals surface area contributed by atoms with Crippen LogP contribution in [0.5, 0.6) is 5.75 Å².